The van der Waals surface area contributed by atoms with E-state index in [2.05, 4.69) is 43.3 Å². The highest BCUT2D eigenvalue weighted by Crippen LogP contribution is 2.51. The fourth-order valence-electron chi connectivity index (χ4n) is 5.12. The molecule has 0 unspecified atom stereocenters. The van der Waals surface area contributed by atoms with Crippen LogP contribution >= 0.6 is 0 Å². The van der Waals surface area contributed by atoms with Gasteiger partial charge >= 0.3 is 0 Å². The quantitative estimate of drug-likeness (QED) is 0.409. The van der Waals surface area contributed by atoms with Crippen molar-refractivity contribution in [3.05, 3.63) is 119 Å². The van der Waals surface area contributed by atoms with E-state index in [-0.39, 0.29) is 5.91 Å². The number of benzene rings is 4. The minimum absolute atomic E-state index is 0.0191. The zero-order valence-electron chi connectivity index (χ0n) is 18.5. The number of likely N-dealkylation sites (N-methyl/N-ethyl adjacent to an activating group) is 1. The second-order valence-corrected chi connectivity index (χ2v) is 8.18. The van der Waals surface area contributed by atoms with Crippen molar-refractivity contribution < 1.29 is 9.53 Å². The molecule has 5 rings (SSSR count). The van der Waals surface area contributed by atoms with Gasteiger partial charge in [0.25, 0.3) is 0 Å². The summed E-state index contributed by atoms with van der Waals surface area (Å²) in [4.78, 5) is 16.4. The van der Waals surface area contributed by atoms with Gasteiger partial charge in [-0.1, -0.05) is 84.9 Å². The van der Waals surface area contributed by atoms with E-state index >= 15 is 0 Å². The maximum absolute atomic E-state index is 14.6. The summed E-state index contributed by atoms with van der Waals surface area (Å²) in [5.41, 5.74) is 5.88. The van der Waals surface area contributed by atoms with Crippen LogP contribution in [-0.4, -0.2) is 20.1 Å². The van der Waals surface area contributed by atoms with Crippen molar-refractivity contribution in [2.24, 2.45) is 0 Å². The molecule has 0 radical (unpaired) electrons. The number of hydrogen-bond donors (Lipinski definition) is 0. The zero-order valence-corrected chi connectivity index (χ0v) is 18.5. The van der Waals surface area contributed by atoms with Gasteiger partial charge in [-0.05, 0) is 41.3 Å². The average molecular weight is 420 g/mol. The zero-order chi connectivity index (χ0) is 22.3. The lowest BCUT2D eigenvalue weighted by Gasteiger charge is -2.36. The average Bonchev–Trinajstić information content (AvgIpc) is 2.93. The van der Waals surface area contributed by atoms with Crippen molar-refractivity contribution in [2.45, 2.75) is 12.3 Å². The summed E-state index contributed by atoms with van der Waals surface area (Å²) < 4.78 is 5.65. The van der Waals surface area contributed by atoms with Crippen LogP contribution in [-0.2, 0) is 10.2 Å². The van der Waals surface area contributed by atoms with Crippen molar-refractivity contribution in [3.8, 4) is 16.9 Å². The Morgan fingerprint density at radius 2 is 1.31 bits per heavy atom. The maximum atomic E-state index is 14.6. The molecule has 0 aliphatic carbocycles. The molecular weight excluding hydrogens is 394 g/mol. The topological polar surface area (TPSA) is 29.5 Å². The Morgan fingerprint density at radius 3 is 1.91 bits per heavy atom. The van der Waals surface area contributed by atoms with Gasteiger partial charge in [-0.25, -0.2) is 0 Å². The fourth-order valence-corrected chi connectivity index (χ4v) is 5.12. The molecule has 4 aromatic rings. The third-order valence-electron chi connectivity index (χ3n) is 6.61. The highest BCUT2D eigenvalue weighted by atomic mass is 16.5. The first-order valence-electron chi connectivity index (χ1n) is 10.8. The number of carbonyl (C=O) groups is 1. The minimum Gasteiger partial charge on any atom is -0.496 e. The molecule has 0 saturated heterocycles. The lowest BCUT2D eigenvalue weighted by atomic mass is 9.67. The van der Waals surface area contributed by atoms with Crippen LogP contribution in [0.15, 0.2) is 97.1 Å². The van der Waals surface area contributed by atoms with Gasteiger partial charge in [0.05, 0.1) is 12.8 Å². The standard InChI is InChI=1S/C29H25NO2/c1-20-26(32-3)19-18-25-27(20)23-16-10-11-17-24(23)29(28(31)30(25)2,21-12-6-4-7-13-21)22-14-8-5-9-15-22/h4-19H,1-3H3. The number of nitrogens with zero attached hydrogens (tertiary/aromatic N) is 1. The molecule has 0 bridgehead atoms. The largest absolute Gasteiger partial charge is 0.496 e. The third kappa shape index (κ3) is 2.71. The first kappa shape index (κ1) is 20.1. The highest BCUT2D eigenvalue weighted by Gasteiger charge is 2.49. The van der Waals surface area contributed by atoms with Crippen LogP contribution in [0.4, 0.5) is 5.69 Å². The van der Waals surface area contributed by atoms with Crippen LogP contribution in [0, 0.1) is 6.92 Å². The van der Waals surface area contributed by atoms with Crippen LogP contribution in [0.1, 0.15) is 22.3 Å². The number of ether oxygens (including phenoxy) is 1. The summed E-state index contributed by atoms with van der Waals surface area (Å²) in [7, 11) is 3.56. The maximum Gasteiger partial charge on any atom is 0.246 e. The van der Waals surface area contributed by atoms with Crippen LogP contribution in [0.25, 0.3) is 11.1 Å². The monoisotopic (exact) mass is 419 g/mol. The molecule has 158 valence electrons. The van der Waals surface area contributed by atoms with E-state index < -0.39 is 5.41 Å². The van der Waals surface area contributed by atoms with Crippen molar-refractivity contribution in [2.75, 3.05) is 19.1 Å². The lowest BCUT2D eigenvalue weighted by Crippen LogP contribution is -2.46. The van der Waals surface area contributed by atoms with E-state index in [0.29, 0.717) is 0 Å². The van der Waals surface area contributed by atoms with Crippen molar-refractivity contribution in [3.63, 3.8) is 0 Å². The van der Waals surface area contributed by atoms with Crippen LogP contribution in [0.2, 0.25) is 0 Å². The fraction of sp³-hybridized carbons (Fsp3) is 0.138. The van der Waals surface area contributed by atoms with Crippen molar-refractivity contribution >= 4 is 11.6 Å². The van der Waals surface area contributed by atoms with Crippen LogP contribution in [0.5, 0.6) is 5.75 Å². The molecule has 0 spiro atoms. The molecular formula is C29H25NO2. The second-order valence-electron chi connectivity index (χ2n) is 8.18. The van der Waals surface area contributed by atoms with Crippen LogP contribution in [0.3, 0.4) is 0 Å². The van der Waals surface area contributed by atoms with Crippen molar-refractivity contribution in [1.29, 1.82) is 0 Å². The summed E-state index contributed by atoms with van der Waals surface area (Å²) in [5.74, 6) is 0.831. The van der Waals surface area contributed by atoms with Gasteiger partial charge in [0.1, 0.15) is 11.2 Å². The number of hydrogen-bond acceptors (Lipinski definition) is 2. The van der Waals surface area contributed by atoms with Crippen molar-refractivity contribution in [1.82, 2.24) is 0 Å². The molecule has 1 amide bonds. The Labute approximate surface area is 188 Å². The number of carbonyl (C=O) groups excluding carboxylic acids is 1. The number of anilines is 1. The molecule has 0 atom stereocenters. The first-order valence-corrected chi connectivity index (χ1v) is 10.8. The Bertz CT molecular complexity index is 1260. The van der Waals surface area contributed by atoms with Gasteiger partial charge in [0, 0.05) is 18.2 Å². The molecule has 0 saturated carbocycles. The SMILES string of the molecule is COc1ccc2c(c1C)-c1ccccc1C(c1ccccc1)(c1ccccc1)C(=O)N2C. The first-order chi connectivity index (χ1) is 15.6. The number of fused-ring (bicyclic) bond motifs is 3. The summed E-state index contributed by atoms with van der Waals surface area (Å²) in [6.45, 7) is 2.06. The third-order valence-corrected chi connectivity index (χ3v) is 6.61. The summed E-state index contributed by atoms with van der Waals surface area (Å²) in [6, 6.07) is 32.4. The molecule has 32 heavy (non-hydrogen) atoms. The summed E-state index contributed by atoms with van der Waals surface area (Å²) >= 11 is 0. The molecule has 0 fully saturated rings. The summed E-state index contributed by atoms with van der Waals surface area (Å²) in [6.07, 6.45) is 0. The molecule has 1 aliphatic heterocycles. The van der Waals surface area contributed by atoms with Gasteiger partial charge in [0.15, 0.2) is 0 Å². The van der Waals surface area contributed by atoms with E-state index in [9.17, 15) is 4.79 Å². The van der Waals surface area contributed by atoms with Gasteiger partial charge in [0.2, 0.25) is 5.91 Å². The highest BCUT2D eigenvalue weighted by molar-refractivity contribution is 6.12. The smallest absolute Gasteiger partial charge is 0.246 e. The summed E-state index contributed by atoms with van der Waals surface area (Å²) in [5, 5.41) is 0. The normalized spacial score (nSPS) is 14.3. The predicted molar refractivity (Wildman–Crippen MR) is 129 cm³/mol. The minimum atomic E-state index is -0.980. The molecule has 0 aromatic heterocycles. The Balaban J connectivity index is 1.98. The Morgan fingerprint density at radius 1 is 0.750 bits per heavy atom. The van der Waals surface area contributed by atoms with E-state index in [1.165, 1.54) is 0 Å². The molecule has 0 N–H and O–H groups in total. The molecule has 1 aliphatic rings. The molecule has 3 heteroatoms. The second kappa shape index (κ2) is 7.69. The van der Waals surface area contributed by atoms with Gasteiger partial charge in [-0.15, -0.1) is 0 Å². The number of methoxy groups -OCH3 is 1. The molecule has 1 heterocycles. The molecule has 4 aromatic carbocycles. The van der Waals surface area contributed by atoms with E-state index in [1.54, 1.807) is 7.11 Å². The van der Waals surface area contributed by atoms with Gasteiger partial charge in [-0.3, -0.25) is 4.79 Å². The van der Waals surface area contributed by atoms with Gasteiger partial charge < -0.3 is 9.64 Å². The Hall–Kier alpha value is -3.85. The number of amides is 1. The van der Waals surface area contributed by atoms with Gasteiger partial charge in [-0.2, -0.15) is 0 Å². The lowest BCUT2D eigenvalue weighted by molar-refractivity contribution is -0.121. The van der Waals surface area contributed by atoms with E-state index in [1.807, 2.05) is 72.6 Å². The Kier molecular flexibility index (Phi) is 4.82. The van der Waals surface area contributed by atoms with E-state index in [4.69, 9.17) is 4.74 Å². The molecule has 3 nitrogen and oxygen atoms in total. The van der Waals surface area contributed by atoms with Crippen LogP contribution < -0.4 is 9.64 Å². The predicted octanol–water partition coefficient (Wildman–Crippen LogP) is 5.98. The van der Waals surface area contributed by atoms with E-state index in [0.717, 1.165) is 44.8 Å². The number of rotatable bonds is 3.